The molecule has 0 bridgehead atoms. The van der Waals surface area contributed by atoms with E-state index in [-0.39, 0.29) is 5.60 Å². The standard InChI is InChI=1S/C10H24OSi/c1-9(2)8-12(6,7)11-10(3,4)5/h9H,8H2,1-7H3. The molecule has 0 aliphatic heterocycles. The second kappa shape index (κ2) is 3.92. The van der Waals surface area contributed by atoms with Gasteiger partial charge in [-0.1, -0.05) is 13.8 Å². The molecule has 0 unspecified atom stereocenters. The van der Waals surface area contributed by atoms with Gasteiger partial charge in [0, 0.05) is 5.60 Å². The molecule has 2 heteroatoms. The largest absolute Gasteiger partial charge is 0.413 e. The predicted molar refractivity (Wildman–Crippen MR) is 58.0 cm³/mol. The van der Waals surface area contributed by atoms with Crippen molar-refractivity contribution in [3.8, 4) is 0 Å². The molecule has 0 aromatic rings. The van der Waals surface area contributed by atoms with Gasteiger partial charge in [-0.2, -0.15) is 0 Å². The second-order valence-corrected chi connectivity index (χ2v) is 9.70. The molecule has 1 nitrogen and oxygen atoms in total. The molecular weight excluding hydrogens is 164 g/mol. The third-order valence-corrected chi connectivity index (χ3v) is 4.45. The van der Waals surface area contributed by atoms with Crippen LogP contribution in [0.1, 0.15) is 34.6 Å². The van der Waals surface area contributed by atoms with Crippen LogP contribution in [0.15, 0.2) is 0 Å². The molecule has 0 N–H and O–H groups in total. The van der Waals surface area contributed by atoms with Crippen LogP contribution in [-0.4, -0.2) is 13.9 Å². The molecule has 0 heterocycles. The highest BCUT2D eigenvalue weighted by atomic mass is 28.4. The Hall–Kier alpha value is 0.177. The summed E-state index contributed by atoms with van der Waals surface area (Å²) in [5.41, 5.74) is 0.0324. The van der Waals surface area contributed by atoms with E-state index < -0.39 is 8.32 Å². The van der Waals surface area contributed by atoms with Crippen molar-refractivity contribution in [1.82, 2.24) is 0 Å². The first-order chi connectivity index (χ1) is 5.12. The highest BCUT2D eigenvalue weighted by Crippen LogP contribution is 2.23. The summed E-state index contributed by atoms with van der Waals surface area (Å²) in [7, 11) is -1.40. The number of hydrogen-bond donors (Lipinski definition) is 0. The van der Waals surface area contributed by atoms with Gasteiger partial charge in [0.1, 0.15) is 0 Å². The average molecular weight is 188 g/mol. The lowest BCUT2D eigenvalue weighted by molar-refractivity contribution is 0.119. The Labute approximate surface area is 78.6 Å². The zero-order chi connectivity index (χ0) is 9.99. The third-order valence-electron chi connectivity index (χ3n) is 1.48. The van der Waals surface area contributed by atoms with Crippen LogP contribution in [0.2, 0.25) is 19.1 Å². The van der Waals surface area contributed by atoms with Gasteiger partial charge in [-0.05, 0) is 45.8 Å². The molecule has 0 saturated heterocycles. The highest BCUT2D eigenvalue weighted by Gasteiger charge is 2.28. The van der Waals surface area contributed by atoms with Gasteiger partial charge in [0.2, 0.25) is 0 Å². The van der Waals surface area contributed by atoms with E-state index in [1.54, 1.807) is 0 Å². The third kappa shape index (κ3) is 6.86. The van der Waals surface area contributed by atoms with E-state index in [0.717, 1.165) is 5.92 Å². The lowest BCUT2D eigenvalue weighted by Gasteiger charge is -2.33. The van der Waals surface area contributed by atoms with Gasteiger partial charge >= 0.3 is 0 Å². The minimum absolute atomic E-state index is 0.0324. The van der Waals surface area contributed by atoms with Crippen LogP contribution in [0.3, 0.4) is 0 Å². The molecule has 74 valence electrons. The zero-order valence-corrected chi connectivity index (χ0v) is 10.7. The van der Waals surface area contributed by atoms with E-state index in [1.807, 2.05) is 0 Å². The summed E-state index contributed by atoms with van der Waals surface area (Å²) < 4.78 is 6.07. The monoisotopic (exact) mass is 188 g/mol. The zero-order valence-electron chi connectivity index (χ0n) is 9.69. The molecule has 0 aromatic heterocycles. The molecule has 0 atom stereocenters. The quantitative estimate of drug-likeness (QED) is 0.614. The lowest BCUT2D eigenvalue weighted by Crippen LogP contribution is -2.39. The highest BCUT2D eigenvalue weighted by molar-refractivity contribution is 6.71. The lowest BCUT2D eigenvalue weighted by atomic mass is 10.2. The van der Waals surface area contributed by atoms with Crippen molar-refractivity contribution < 1.29 is 4.43 Å². The van der Waals surface area contributed by atoms with E-state index in [0.29, 0.717) is 0 Å². The maximum atomic E-state index is 6.07. The molecule has 0 amide bonds. The van der Waals surface area contributed by atoms with Crippen molar-refractivity contribution in [2.24, 2.45) is 5.92 Å². The smallest absolute Gasteiger partial charge is 0.187 e. The van der Waals surface area contributed by atoms with Gasteiger partial charge in [0.25, 0.3) is 0 Å². The number of hydrogen-bond acceptors (Lipinski definition) is 1. The van der Waals surface area contributed by atoms with Crippen LogP contribution in [0, 0.1) is 5.92 Å². The molecule has 0 spiro atoms. The fourth-order valence-corrected chi connectivity index (χ4v) is 5.56. The van der Waals surface area contributed by atoms with E-state index in [9.17, 15) is 0 Å². The van der Waals surface area contributed by atoms with Crippen LogP contribution >= 0.6 is 0 Å². The maximum Gasteiger partial charge on any atom is 0.187 e. The molecule has 0 aliphatic rings. The summed E-state index contributed by atoms with van der Waals surface area (Å²) in [6.45, 7) is 15.6. The minimum Gasteiger partial charge on any atom is -0.413 e. The van der Waals surface area contributed by atoms with E-state index in [1.165, 1.54) is 6.04 Å². The molecule has 0 radical (unpaired) electrons. The summed E-state index contributed by atoms with van der Waals surface area (Å²) in [4.78, 5) is 0. The first-order valence-corrected chi connectivity index (χ1v) is 7.94. The molecule has 0 rings (SSSR count). The summed E-state index contributed by atoms with van der Waals surface area (Å²) >= 11 is 0. The van der Waals surface area contributed by atoms with E-state index in [4.69, 9.17) is 4.43 Å². The van der Waals surface area contributed by atoms with Gasteiger partial charge in [-0.3, -0.25) is 0 Å². The molecule has 0 fully saturated rings. The summed E-state index contributed by atoms with van der Waals surface area (Å²) in [5, 5.41) is 0. The van der Waals surface area contributed by atoms with Crippen molar-refractivity contribution >= 4 is 8.32 Å². The Bertz CT molecular complexity index is 133. The van der Waals surface area contributed by atoms with Crippen LogP contribution in [0.25, 0.3) is 0 Å². The molecule has 12 heavy (non-hydrogen) atoms. The fourth-order valence-electron chi connectivity index (χ4n) is 1.85. The first-order valence-electron chi connectivity index (χ1n) is 4.82. The fraction of sp³-hybridized carbons (Fsp3) is 1.00. The molecule has 0 aliphatic carbocycles. The van der Waals surface area contributed by atoms with Crippen LogP contribution < -0.4 is 0 Å². The van der Waals surface area contributed by atoms with Crippen molar-refractivity contribution in [2.75, 3.05) is 0 Å². The molecule has 0 aromatic carbocycles. The summed E-state index contributed by atoms with van der Waals surface area (Å²) in [5.74, 6) is 0.758. The van der Waals surface area contributed by atoms with Gasteiger partial charge in [0.15, 0.2) is 8.32 Å². The van der Waals surface area contributed by atoms with Gasteiger partial charge in [-0.15, -0.1) is 0 Å². The van der Waals surface area contributed by atoms with Crippen molar-refractivity contribution in [3.05, 3.63) is 0 Å². The molecule has 0 saturated carbocycles. The minimum atomic E-state index is -1.40. The van der Waals surface area contributed by atoms with E-state index >= 15 is 0 Å². The van der Waals surface area contributed by atoms with Crippen LogP contribution in [0.4, 0.5) is 0 Å². The van der Waals surface area contributed by atoms with Crippen molar-refractivity contribution in [2.45, 2.75) is 59.4 Å². The Morgan fingerprint density at radius 3 is 1.83 bits per heavy atom. The van der Waals surface area contributed by atoms with Gasteiger partial charge in [-0.25, -0.2) is 0 Å². The summed E-state index contributed by atoms with van der Waals surface area (Å²) in [6.07, 6.45) is 0. The normalized spacial score (nSPS) is 14.0. The number of rotatable bonds is 3. The van der Waals surface area contributed by atoms with Gasteiger partial charge < -0.3 is 4.43 Å². The summed E-state index contributed by atoms with van der Waals surface area (Å²) in [6, 6.07) is 1.25. The molecular formula is C10H24OSi. The Morgan fingerprint density at radius 1 is 1.17 bits per heavy atom. The Morgan fingerprint density at radius 2 is 1.58 bits per heavy atom. The SMILES string of the molecule is CC(C)C[Si](C)(C)OC(C)(C)C. The van der Waals surface area contributed by atoms with Crippen molar-refractivity contribution in [1.29, 1.82) is 0 Å². The Kier molecular flexibility index (Phi) is 3.98. The second-order valence-electron chi connectivity index (χ2n) is 5.57. The van der Waals surface area contributed by atoms with Crippen LogP contribution in [-0.2, 0) is 4.43 Å². The van der Waals surface area contributed by atoms with Crippen molar-refractivity contribution in [3.63, 3.8) is 0 Å². The van der Waals surface area contributed by atoms with Gasteiger partial charge in [0.05, 0.1) is 0 Å². The average Bonchev–Trinajstić information content (AvgIpc) is 1.48. The Balaban J connectivity index is 4.04. The first kappa shape index (κ1) is 12.2. The predicted octanol–water partition coefficient (Wildman–Crippen LogP) is 3.66. The van der Waals surface area contributed by atoms with Crippen LogP contribution in [0.5, 0.6) is 0 Å². The topological polar surface area (TPSA) is 9.23 Å². The maximum absolute atomic E-state index is 6.07. The van der Waals surface area contributed by atoms with E-state index in [2.05, 4.69) is 47.7 Å².